The Labute approximate surface area is 167 Å². The third kappa shape index (κ3) is 3.50. The summed E-state index contributed by atoms with van der Waals surface area (Å²) in [6.45, 7) is 8.32. The predicted octanol–water partition coefficient (Wildman–Crippen LogP) is 4.56. The van der Waals surface area contributed by atoms with Gasteiger partial charge in [-0.15, -0.1) is 0 Å². The molecule has 0 aliphatic carbocycles. The number of aromatic nitrogens is 1. The number of rotatable bonds is 4. The minimum atomic E-state index is -0.370. The number of pyridine rings is 1. The van der Waals surface area contributed by atoms with Crippen molar-refractivity contribution < 1.29 is 9.31 Å². The molecule has 0 bridgehead atoms. The molecule has 0 amide bonds. The van der Waals surface area contributed by atoms with Crippen LogP contribution in [-0.4, -0.2) is 23.3 Å². The topological polar surface area (TPSA) is 31.4 Å². The lowest BCUT2D eigenvalue weighted by molar-refractivity contribution is 0.00578. The van der Waals surface area contributed by atoms with Gasteiger partial charge in [-0.2, -0.15) is 0 Å². The van der Waals surface area contributed by atoms with Crippen LogP contribution in [0.4, 0.5) is 0 Å². The van der Waals surface area contributed by atoms with Gasteiger partial charge in [0.05, 0.1) is 22.8 Å². The van der Waals surface area contributed by atoms with E-state index >= 15 is 0 Å². The van der Waals surface area contributed by atoms with Crippen LogP contribution in [0.5, 0.6) is 0 Å². The quantitative estimate of drug-likeness (QED) is 0.630. The average molecular weight is 371 g/mol. The summed E-state index contributed by atoms with van der Waals surface area (Å²) < 4.78 is 12.5. The van der Waals surface area contributed by atoms with Crippen LogP contribution in [0.1, 0.15) is 50.4 Å². The van der Waals surface area contributed by atoms with Gasteiger partial charge in [0.2, 0.25) is 0 Å². The molecule has 0 saturated carbocycles. The Morgan fingerprint density at radius 3 is 2.04 bits per heavy atom. The van der Waals surface area contributed by atoms with Gasteiger partial charge in [-0.1, -0.05) is 60.7 Å². The van der Waals surface area contributed by atoms with Gasteiger partial charge in [-0.05, 0) is 56.4 Å². The maximum atomic E-state index is 6.26. The van der Waals surface area contributed by atoms with Crippen LogP contribution in [-0.2, 0) is 9.31 Å². The monoisotopic (exact) mass is 371 g/mol. The summed E-state index contributed by atoms with van der Waals surface area (Å²) in [5.74, 6) is 0.0600. The Bertz CT molecular complexity index is 886. The molecule has 142 valence electrons. The van der Waals surface area contributed by atoms with Crippen molar-refractivity contribution in [2.45, 2.75) is 44.8 Å². The molecule has 1 saturated heterocycles. The number of hydrogen-bond donors (Lipinski definition) is 0. The van der Waals surface area contributed by atoms with E-state index in [9.17, 15) is 0 Å². The number of hydrogen-bond acceptors (Lipinski definition) is 3. The molecule has 2 aromatic carbocycles. The molecule has 1 aromatic heterocycles. The van der Waals surface area contributed by atoms with E-state index in [1.165, 1.54) is 11.1 Å². The summed E-state index contributed by atoms with van der Waals surface area (Å²) in [7, 11) is -0.370. The van der Waals surface area contributed by atoms with E-state index in [1.807, 2.05) is 24.4 Å². The summed E-state index contributed by atoms with van der Waals surface area (Å²) in [4.78, 5) is 4.64. The fourth-order valence-electron chi connectivity index (χ4n) is 3.59. The first-order valence-electron chi connectivity index (χ1n) is 9.79. The van der Waals surface area contributed by atoms with Gasteiger partial charge in [0.15, 0.2) is 0 Å². The zero-order chi connectivity index (χ0) is 19.8. The molecule has 3 nitrogen and oxygen atoms in total. The third-order valence-electron chi connectivity index (χ3n) is 5.89. The van der Waals surface area contributed by atoms with E-state index in [4.69, 9.17) is 9.31 Å². The molecule has 1 aliphatic heterocycles. The van der Waals surface area contributed by atoms with Crippen molar-refractivity contribution in [2.24, 2.45) is 0 Å². The van der Waals surface area contributed by atoms with Crippen LogP contribution in [0.3, 0.4) is 0 Å². The highest BCUT2D eigenvalue weighted by atomic mass is 16.7. The zero-order valence-electron chi connectivity index (χ0n) is 16.9. The fourth-order valence-corrected chi connectivity index (χ4v) is 3.59. The first-order valence-corrected chi connectivity index (χ1v) is 9.79. The second-order valence-electron chi connectivity index (χ2n) is 8.36. The summed E-state index contributed by atoms with van der Waals surface area (Å²) in [6, 6.07) is 25.1. The van der Waals surface area contributed by atoms with Gasteiger partial charge in [0.1, 0.15) is 0 Å². The Morgan fingerprint density at radius 1 is 0.750 bits per heavy atom. The molecule has 1 aliphatic rings. The van der Waals surface area contributed by atoms with Crippen molar-refractivity contribution >= 4 is 12.6 Å². The van der Waals surface area contributed by atoms with Crippen molar-refractivity contribution in [1.29, 1.82) is 0 Å². The van der Waals surface area contributed by atoms with Gasteiger partial charge in [-0.3, -0.25) is 4.98 Å². The molecule has 0 spiro atoms. The SMILES string of the molecule is CC1(C)OB(c2cccc(C(c3ccccc3)c3ccccn3)c2)OC1(C)C. The smallest absolute Gasteiger partial charge is 0.399 e. The Balaban J connectivity index is 1.74. The minimum absolute atomic E-state index is 0.0600. The van der Waals surface area contributed by atoms with E-state index in [1.54, 1.807) is 0 Å². The Morgan fingerprint density at radius 2 is 1.39 bits per heavy atom. The first-order chi connectivity index (χ1) is 13.4. The molecule has 3 aromatic rings. The highest BCUT2D eigenvalue weighted by Crippen LogP contribution is 2.37. The van der Waals surface area contributed by atoms with Crippen molar-refractivity contribution in [3.05, 3.63) is 95.8 Å². The first kappa shape index (κ1) is 18.9. The van der Waals surface area contributed by atoms with E-state index in [0.717, 1.165) is 11.2 Å². The van der Waals surface area contributed by atoms with Crippen molar-refractivity contribution in [2.75, 3.05) is 0 Å². The minimum Gasteiger partial charge on any atom is -0.399 e. The van der Waals surface area contributed by atoms with Crippen LogP contribution in [0.15, 0.2) is 79.0 Å². The van der Waals surface area contributed by atoms with Crippen LogP contribution < -0.4 is 5.46 Å². The number of nitrogens with zero attached hydrogens (tertiary/aromatic N) is 1. The lowest BCUT2D eigenvalue weighted by atomic mass is 9.76. The Kier molecular flexibility index (Phi) is 4.86. The van der Waals surface area contributed by atoms with E-state index in [-0.39, 0.29) is 24.2 Å². The highest BCUT2D eigenvalue weighted by molar-refractivity contribution is 6.62. The van der Waals surface area contributed by atoms with Crippen molar-refractivity contribution in [1.82, 2.24) is 4.98 Å². The van der Waals surface area contributed by atoms with Gasteiger partial charge < -0.3 is 9.31 Å². The summed E-state index contributed by atoms with van der Waals surface area (Å²) >= 11 is 0. The van der Waals surface area contributed by atoms with Gasteiger partial charge in [0, 0.05) is 6.20 Å². The molecule has 1 atom stereocenters. The summed E-state index contributed by atoms with van der Waals surface area (Å²) in [6.07, 6.45) is 1.85. The van der Waals surface area contributed by atoms with Crippen LogP contribution in [0.25, 0.3) is 0 Å². The molecule has 1 unspecified atom stereocenters. The maximum Gasteiger partial charge on any atom is 0.494 e. The van der Waals surface area contributed by atoms with Crippen molar-refractivity contribution in [3.8, 4) is 0 Å². The molecule has 0 radical (unpaired) electrons. The standard InChI is InChI=1S/C24H26BNO2/c1-23(2)24(3,4)28-25(27-23)20-14-10-13-19(17-20)22(18-11-6-5-7-12-18)21-15-8-9-16-26-21/h5-17,22H,1-4H3. The third-order valence-corrected chi connectivity index (χ3v) is 5.89. The van der Waals surface area contributed by atoms with Crippen molar-refractivity contribution in [3.63, 3.8) is 0 Å². The lowest BCUT2D eigenvalue weighted by Crippen LogP contribution is -2.41. The van der Waals surface area contributed by atoms with Gasteiger partial charge in [0.25, 0.3) is 0 Å². The van der Waals surface area contributed by atoms with E-state index in [2.05, 4.69) is 87.3 Å². The second-order valence-corrected chi connectivity index (χ2v) is 8.36. The summed E-state index contributed by atoms with van der Waals surface area (Å²) in [5, 5.41) is 0. The molecule has 4 rings (SSSR count). The van der Waals surface area contributed by atoms with Gasteiger partial charge >= 0.3 is 7.12 Å². The maximum absolute atomic E-state index is 6.26. The normalized spacial score (nSPS) is 18.8. The molecule has 2 heterocycles. The molecule has 4 heteroatoms. The average Bonchev–Trinajstić information content (AvgIpc) is 2.91. The highest BCUT2D eigenvalue weighted by Gasteiger charge is 2.51. The van der Waals surface area contributed by atoms with E-state index in [0.29, 0.717) is 0 Å². The van der Waals surface area contributed by atoms with Gasteiger partial charge in [-0.25, -0.2) is 0 Å². The Hall–Kier alpha value is -2.43. The number of benzene rings is 2. The second kappa shape index (κ2) is 7.19. The molecule has 0 N–H and O–H groups in total. The zero-order valence-corrected chi connectivity index (χ0v) is 16.9. The molecule has 1 fully saturated rings. The van der Waals surface area contributed by atoms with Crippen LogP contribution >= 0.6 is 0 Å². The molecule has 28 heavy (non-hydrogen) atoms. The van der Waals surface area contributed by atoms with Crippen LogP contribution in [0, 0.1) is 0 Å². The van der Waals surface area contributed by atoms with Crippen LogP contribution in [0.2, 0.25) is 0 Å². The predicted molar refractivity (Wildman–Crippen MR) is 114 cm³/mol. The summed E-state index contributed by atoms with van der Waals surface area (Å²) in [5.41, 5.74) is 3.75. The molecular weight excluding hydrogens is 345 g/mol. The fraction of sp³-hybridized carbons (Fsp3) is 0.292. The lowest BCUT2D eigenvalue weighted by Gasteiger charge is -2.32. The largest absolute Gasteiger partial charge is 0.494 e. The molecular formula is C24H26BNO2. The van der Waals surface area contributed by atoms with E-state index < -0.39 is 0 Å².